The highest BCUT2D eigenvalue weighted by Gasteiger charge is 2.23. The Morgan fingerprint density at radius 3 is 2.40 bits per heavy atom. The number of hydrogen-bond acceptors (Lipinski definition) is 5. The van der Waals surface area contributed by atoms with Crippen molar-refractivity contribution in [1.82, 2.24) is 14.3 Å². The van der Waals surface area contributed by atoms with E-state index < -0.39 is 0 Å². The number of anilines is 2. The molecule has 7 heteroatoms. The molecule has 1 N–H and O–H groups in total. The van der Waals surface area contributed by atoms with Crippen molar-refractivity contribution in [2.45, 2.75) is 0 Å². The third kappa shape index (κ3) is 3.84. The zero-order valence-corrected chi connectivity index (χ0v) is 17.2. The Morgan fingerprint density at radius 1 is 0.867 bits per heavy atom. The van der Waals surface area contributed by atoms with Gasteiger partial charge in [-0.15, -0.1) is 0 Å². The zero-order chi connectivity index (χ0) is 20.3. The Hall–Kier alpha value is -3.45. The van der Waals surface area contributed by atoms with Crippen LogP contribution in [-0.4, -0.2) is 46.5 Å². The Kier molecular flexibility index (Phi) is 5.03. The topological polar surface area (TPSA) is 61.4 Å². The van der Waals surface area contributed by atoms with E-state index in [0.717, 1.165) is 46.1 Å². The lowest BCUT2D eigenvalue weighted by molar-refractivity contribution is 0.208. The molecule has 3 aromatic carbocycles. The first-order chi connectivity index (χ1) is 14.8. The molecule has 1 fully saturated rings. The van der Waals surface area contributed by atoms with Gasteiger partial charge in [-0.25, -0.2) is 4.79 Å². The van der Waals surface area contributed by atoms with E-state index in [1.165, 1.54) is 11.5 Å². The number of aromatic nitrogens is 2. The number of piperazine rings is 1. The predicted molar refractivity (Wildman–Crippen MR) is 122 cm³/mol. The monoisotopic (exact) mass is 415 g/mol. The third-order valence-electron chi connectivity index (χ3n) is 5.29. The molecule has 0 saturated carbocycles. The van der Waals surface area contributed by atoms with Crippen molar-refractivity contribution in [3.05, 3.63) is 72.8 Å². The van der Waals surface area contributed by atoms with Gasteiger partial charge in [-0.3, -0.25) is 0 Å². The minimum absolute atomic E-state index is 0.0628. The van der Waals surface area contributed by atoms with Crippen LogP contribution in [0.3, 0.4) is 0 Å². The van der Waals surface area contributed by atoms with Gasteiger partial charge >= 0.3 is 6.03 Å². The molecule has 0 atom stereocenters. The van der Waals surface area contributed by atoms with Crippen molar-refractivity contribution in [3.8, 4) is 11.4 Å². The number of benzene rings is 3. The van der Waals surface area contributed by atoms with Gasteiger partial charge in [0, 0.05) is 49.0 Å². The lowest BCUT2D eigenvalue weighted by atomic mass is 10.1. The van der Waals surface area contributed by atoms with Crippen molar-refractivity contribution in [2.75, 3.05) is 36.4 Å². The smallest absolute Gasteiger partial charge is 0.321 e. The summed E-state index contributed by atoms with van der Waals surface area (Å²) < 4.78 is 4.49. The van der Waals surface area contributed by atoms with E-state index in [1.807, 2.05) is 65.6 Å². The highest BCUT2D eigenvalue weighted by Crippen LogP contribution is 2.25. The third-order valence-corrected chi connectivity index (χ3v) is 6.06. The largest absolute Gasteiger partial charge is 0.343 e. The molecule has 2 heterocycles. The van der Waals surface area contributed by atoms with Crippen molar-refractivity contribution < 1.29 is 4.79 Å². The fraction of sp³-hybridized carbons (Fsp3) is 0.174. The summed E-state index contributed by atoms with van der Waals surface area (Å²) in [6.07, 6.45) is 0. The number of nitrogens with zero attached hydrogens (tertiary/aromatic N) is 4. The summed E-state index contributed by atoms with van der Waals surface area (Å²) >= 11 is 1.41. The van der Waals surface area contributed by atoms with Crippen LogP contribution in [0.15, 0.2) is 72.8 Å². The molecule has 150 valence electrons. The Bertz CT molecular complexity index is 1170. The lowest BCUT2D eigenvalue weighted by Crippen LogP contribution is -2.50. The molecule has 1 aliphatic rings. The van der Waals surface area contributed by atoms with Gasteiger partial charge in [0.25, 0.3) is 0 Å². The first-order valence-electron chi connectivity index (χ1n) is 9.95. The predicted octanol–water partition coefficient (Wildman–Crippen LogP) is 4.71. The zero-order valence-electron chi connectivity index (χ0n) is 16.4. The van der Waals surface area contributed by atoms with Crippen molar-refractivity contribution >= 4 is 39.2 Å². The summed E-state index contributed by atoms with van der Waals surface area (Å²) in [7, 11) is 0. The first kappa shape index (κ1) is 18.6. The average Bonchev–Trinajstić information content (AvgIpc) is 3.30. The van der Waals surface area contributed by atoms with Crippen LogP contribution in [0.1, 0.15) is 0 Å². The summed E-state index contributed by atoms with van der Waals surface area (Å²) in [4.78, 5) is 21.4. The van der Waals surface area contributed by atoms with Gasteiger partial charge in [0.05, 0.1) is 0 Å². The quantitative estimate of drug-likeness (QED) is 0.526. The van der Waals surface area contributed by atoms with E-state index >= 15 is 0 Å². The second-order valence-corrected chi connectivity index (χ2v) is 7.96. The summed E-state index contributed by atoms with van der Waals surface area (Å²) in [6, 6.07) is 24.1. The number of carbonyl (C=O) groups excluding carboxylic acids is 1. The molecule has 0 unspecified atom stereocenters. The molecule has 1 aliphatic heterocycles. The summed E-state index contributed by atoms with van der Waals surface area (Å²) in [5, 5.41) is 6.21. The van der Waals surface area contributed by atoms with E-state index in [1.54, 1.807) is 0 Å². The molecular weight excluding hydrogens is 394 g/mol. The molecule has 0 bridgehead atoms. The molecule has 0 aliphatic carbocycles. The number of carbonyl (C=O) groups is 1. The van der Waals surface area contributed by atoms with Crippen molar-refractivity contribution in [1.29, 1.82) is 0 Å². The van der Waals surface area contributed by atoms with Gasteiger partial charge in [0.2, 0.25) is 5.13 Å². The van der Waals surface area contributed by atoms with Crippen molar-refractivity contribution in [3.63, 3.8) is 0 Å². The molecule has 2 amide bonds. The van der Waals surface area contributed by atoms with Crippen LogP contribution < -0.4 is 10.2 Å². The van der Waals surface area contributed by atoms with Crippen LogP contribution in [0, 0.1) is 0 Å². The van der Waals surface area contributed by atoms with Crippen LogP contribution in [0.25, 0.3) is 22.2 Å². The summed E-state index contributed by atoms with van der Waals surface area (Å²) in [5.41, 5.74) is 1.84. The van der Waals surface area contributed by atoms with E-state index in [2.05, 4.69) is 31.7 Å². The lowest BCUT2D eigenvalue weighted by Gasteiger charge is -2.34. The van der Waals surface area contributed by atoms with Crippen LogP contribution in [-0.2, 0) is 0 Å². The molecule has 5 rings (SSSR count). The van der Waals surface area contributed by atoms with Gasteiger partial charge in [-0.05, 0) is 22.9 Å². The van der Waals surface area contributed by atoms with Crippen LogP contribution in [0.4, 0.5) is 15.6 Å². The number of hydrogen-bond donors (Lipinski definition) is 1. The van der Waals surface area contributed by atoms with E-state index in [4.69, 9.17) is 0 Å². The van der Waals surface area contributed by atoms with Crippen molar-refractivity contribution in [2.24, 2.45) is 0 Å². The van der Waals surface area contributed by atoms with Crippen LogP contribution in [0.2, 0.25) is 0 Å². The van der Waals surface area contributed by atoms with Gasteiger partial charge in [0.1, 0.15) is 0 Å². The molecular formula is C23H21N5OS. The summed E-state index contributed by atoms with van der Waals surface area (Å²) in [5.74, 6) is 0.757. The Labute approximate surface area is 178 Å². The van der Waals surface area contributed by atoms with E-state index in [9.17, 15) is 4.79 Å². The highest BCUT2D eigenvalue weighted by atomic mass is 32.1. The fourth-order valence-electron chi connectivity index (χ4n) is 3.62. The second kappa shape index (κ2) is 8.12. The van der Waals surface area contributed by atoms with Crippen LogP contribution in [0.5, 0.6) is 0 Å². The van der Waals surface area contributed by atoms with Gasteiger partial charge < -0.3 is 15.1 Å². The highest BCUT2D eigenvalue weighted by molar-refractivity contribution is 7.09. The van der Waals surface area contributed by atoms with Gasteiger partial charge in [-0.2, -0.15) is 9.36 Å². The molecule has 0 radical (unpaired) electrons. The van der Waals surface area contributed by atoms with E-state index in [-0.39, 0.29) is 6.03 Å². The minimum atomic E-state index is -0.0628. The maximum Gasteiger partial charge on any atom is 0.321 e. The maximum atomic E-state index is 12.7. The number of amides is 2. The molecule has 6 nitrogen and oxygen atoms in total. The first-order valence-corrected chi connectivity index (χ1v) is 10.7. The average molecular weight is 416 g/mol. The SMILES string of the molecule is O=C(Nc1ccc2ccccc2c1)N1CCN(c2nc(-c3ccccc3)ns2)CC1. The standard InChI is InChI=1S/C23H21N5OS/c29-22(24-20-11-10-17-6-4-5-9-19(17)16-20)27-12-14-28(15-13-27)23-25-21(26-30-23)18-7-2-1-3-8-18/h1-11,16H,12-15H2,(H,24,29). The minimum Gasteiger partial charge on any atom is -0.343 e. The second-order valence-electron chi connectivity index (χ2n) is 7.23. The Balaban J connectivity index is 1.20. The molecule has 1 aromatic heterocycles. The van der Waals surface area contributed by atoms with Gasteiger partial charge in [0.15, 0.2) is 5.82 Å². The number of urea groups is 1. The number of nitrogens with one attached hydrogen (secondary N) is 1. The Morgan fingerprint density at radius 2 is 1.60 bits per heavy atom. The van der Waals surface area contributed by atoms with Gasteiger partial charge in [-0.1, -0.05) is 60.7 Å². The fourth-order valence-corrected chi connectivity index (χ4v) is 4.36. The molecule has 0 spiro atoms. The molecule has 1 saturated heterocycles. The normalized spacial score (nSPS) is 14.1. The van der Waals surface area contributed by atoms with E-state index in [0.29, 0.717) is 13.1 Å². The maximum absolute atomic E-state index is 12.7. The molecule has 4 aromatic rings. The molecule has 30 heavy (non-hydrogen) atoms. The number of rotatable bonds is 3. The summed E-state index contributed by atoms with van der Waals surface area (Å²) in [6.45, 7) is 2.79. The van der Waals surface area contributed by atoms with Crippen LogP contribution >= 0.6 is 11.5 Å². The number of fused-ring (bicyclic) bond motifs is 1.